The van der Waals surface area contributed by atoms with E-state index in [0.29, 0.717) is 24.8 Å². The van der Waals surface area contributed by atoms with Crippen molar-refractivity contribution < 1.29 is 17.6 Å². The number of alkyl halides is 3. The van der Waals surface area contributed by atoms with Gasteiger partial charge < -0.3 is 10.2 Å². The van der Waals surface area contributed by atoms with E-state index in [-0.39, 0.29) is 28.5 Å². The first-order chi connectivity index (χ1) is 14.2. The lowest BCUT2D eigenvalue weighted by molar-refractivity contribution is -0.137. The molecule has 0 bridgehead atoms. The standard InChI is InChI=1S/C20H22F4N6/c1-11(2)7-13-10-30(6-5-25-13)16-4-3-15(20(22,23)24)18(27-16)17-14-8-12(21)9-26-19(14)29-28-17/h3-4,8-9,11,13,25H,5-7,10H2,1-2H3,(H,26,28,29). The van der Waals surface area contributed by atoms with Gasteiger partial charge in [-0.1, -0.05) is 13.8 Å². The van der Waals surface area contributed by atoms with E-state index in [0.717, 1.165) is 31.3 Å². The Morgan fingerprint density at radius 2 is 2.07 bits per heavy atom. The highest BCUT2D eigenvalue weighted by molar-refractivity contribution is 5.90. The predicted molar refractivity (Wildman–Crippen MR) is 106 cm³/mol. The van der Waals surface area contributed by atoms with Gasteiger partial charge in [-0.05, 0) is 30.5 Å². The maximum atomic E-state index is 13.7. The van der Waals surface area contributed by atoms with Crippen LogP contribution in [0.3, 0.4) is 0 Å². The number of pyridine rings is 2. The third kappa shape index (κ3) is 4.09. The van der Waals surface area contributed by atoms with Gasteiger partial charge in [0.1, 0.15) is 17.3 Å². The quantitative estimate of drug-likeness (QED) is 0.622. The van der Waals surface area contributed by atoms with Crippen molar-refractivity contribution in [3.8, 4) is 11.4 Å². The Labute approximate surface area is 170 Å². The second-order valence-corrected chi connectivity index (χ2v) is 7.91. The van der Waals surface area contributed by atoms with Crippen LogP contribution in [-0.2, 0) is 6.18 Å². The Balaban J connectivity index is 1.78. The largest absolute Gasteiger partial charge is 0.418 e. The van der Waals surface area contributed by atoms with E-state index >= 15 is 0 Å². The van der Waals surface area contributed by atoms with E-state index < -0.39 is 17.6 Å². The van der Waals surface area contributed by atoms with E-state index in [1.54, 1.807) is 0 Å². The third-order valence-electron chi connectivity index (χ3n) is 5.13. The molecule has 1 fully saturated rings. The molecule has 6 nitrogen and oxygen atoms in total. The molecule has 1 unspecified atom stereocenters. The number of halogens is 4. The van der Waals surface area contributed by atoms with Gasteiger partial charge in [-0.25, -0.2) is 14.4 Å². The lowest BCUT2D eigenvalue weighted by Gasteiger charge is -2.35. The van der Waals surface area contributed by atoms with E-state index in [9.17, 15) is 17.6 Å². The molecular weight excluding hydrogens is 400 g/mol. The van der Waals surface area contributed by atoms with Crippen LogP contribution in [0, 0.1) is 11.7 Å². The number of nitrogens with zero attached hydrogens (tertiary/aromatic N) is 4. The second kappa shape index (κ2) is 7.82. The van der Waals surface area contributed by atoms with Crippen LogP contribution in [0.5, 0.6) is 0 Å². The summed E-state index contributed by atoms with van der Waals surface area (Å²) in [6.45, 7) is 6.26. The molecule has 0 aliphatic carbocycles. The van der Waals surface area contributed by atoms with Gasteiger partial charge in [-0.15, -0.1) is 0 Å². The monoisotopic (exact) mass is 422 g/mol. The van der Waals surface area contributed by atoms with Crippen molar-refractivity contribution in [1.29, 1.82) is 0 Å². The molecule has 1 saturated heterocycles. The Kier molecular flexibility index (Phi) is 5.35. The highest BCUT2D eigenvalue weighted by atomic mass is 19.4. The van der Waals surface area contributed by atoms with Gasteiger partial charge in [0.05, 0.1) is 22.8 Å². The number of nitrogens with one attached hydrogen (secondary N) is 2. The van der Waals surface area contributed by atoms with Crippen LogP contribution in [-0.4, -0.2) is 45.8 Å². The second-order valence-electron chi connectivity index (χ2n) is 7.91. The minimum Gasteiger partial charge on any atom is -0.354 e. The summed E-state index contributed by atoms with van der Waals surface area (Å²) in [5, 5.41) is 10.1. The fourth-order valence-corrected chi connectivity index (χ4v) is 3.86. The van der Waals surface area contributed by atoms with E-state index in [4.69, 9.17) is 0 Å². The molecule has 0 radical (unpaired) electrons. The van der Waals surface area contributed by atoms with Crippen LogP contribution in [0.1, 0.15) is 25.8 Å². The van der Waals surface area contributed by atoms with Crippen LogP contribution in [0.25, 0.3) is 22.4 Å². The third-order valence-corrected chi connectivity index (χ3v) is 5.13. The van der Waals surface area contributed by atoms with Crippen molar-refractivity contribution in [2.75, 3.05) is 24.5 Å². The number of aromatic amines is 1. The van der Waals surface area contributed by atoms with Gasteiger partial charge in [0.15, 0.2) is 5.65 Å². The highest BCUT2D eigenvalue weighted by Gasteiger charge is 2.36. The molecule has 1 atom stereocenters. The maximum absolute atomic E-state index is 13.7. The van der Waals surface area contributed by atoms with Gasteiger partial charge in [-0.2, -0.15) is 18.3 Å². The zero-order chi connectivity index (χ0) is 21.5. The number of anilines is 1. The minimum atomic E-state index is -4.62. The molecule has 2 N–H and O–H groups in total. The number of aromatic nitrogens is 4. The maximum Gasteiger partial charge on any atom is 0.418 e. The van der Waals surface area contributed by atoms with E-state index in [2.05, 4.69) is 39.3 Å². The van der Waals surface area contributed by atoms with Crippen LogP contribution < -0.4 is 10.2 Å². The Morgan fingerprint density at radius 3 is 2.80 bits per heavy atom. The summed E-state index contributed by atoms with van der Waals surface area (Å²) < 4.78 is 54.8. The molecule has 10 heteroatoms. The fourth-order valence-electron chi connectivity index (χ4n) is 3.86. The smallest absolute Gasteiger partial charge is 0.354 e. The van der Waals surface area contributed by atoms with Crippen molar-refractivity contribution in [2.24, 2.45) is 5.92 Å². The summed E-state index contributed by atoms with van der Waals surface area (Å²) in [5.41, 5.74) is -1.09. The molecule has 1 aliphatic rings. The molecule has 3 aromatic rings. The molecule has 0 aromatic carbocycles. The first-order valence-corrected chi connectivity index (χ1v) is 9.79. The molecule has 0 saturated carbocycles. The highest BCUT2D eigenvalue weighted by Crippen LogP contribution is 2.38. The number of piperazine rings is 1. The average Bonchev–Trinajstić information content (AvgIpc) is 3.09. The molecule has 0 spiro atoms. The number of rotatable bonds is 4. The first-order valence-electron chi connectivity index (χ1n) is 9.79. The number of H-pyrrole nitrogens is 1. The van der Waals surface area contributed by atoms with E-state index in [1.807, 2.05) is 4.90 Å². The van der Waals surface area contributed by atoms with Crippen LogP contribution >= 0.6 is 0 Å². The summed E-state index contributed by atoms with van der Waals surface area (Å²) in [6.07, 6.45) is -2.69. The summed E-state index contributed by atoms with van der Waals surface area (Å²) in [4.78, 5) is 10.2. The normalized spacial score (nSPS) is 17.8. The minimum absolute atomic E-state index is 0.0000369. The molecule has 4 rings (SSSR count). The zero-order valence-electron chi connectivity index (χ0n) is 16.6. The van der Waals surface area contributed by atoms with Crippen LogP contribution in [0.15, 0.2) is 24.4 Å². The molecular formula is C20H22F4N6. The average molecular weight is 422 g/mol. The predicted octanol–water partition coefficient (Wildman–Crippen LogP) is 4.00. The van der Waals surface area contributed by atoms with Crippen molar-refractivity contribution in [3.63, 3.8) is 0 Å². The molecule has 4 heterocycles. The number of hydrogen-bond acceptors (Lipinski definition) is 5. The summed E-state index contributed by atoms with van der Waals surface area (Å²) in [5.74, 6) is 0.284. The van der Waals surface area contributed by atoms with Gasteiger partial charge in [0.2, 0.25) is 0 Å². The Morgan fingerprint density at radius 1 is 1.27 bits per heavy atom. The fraction of sp³-hybridized carbons (Fsp3) is 0.450. The van der Waals surface area contributed by atoms with E-state index in [1.165, 1.54) is 6.07 Å². The molecule has 1 aliphatic heterocycles. The molecule has 160 valence electrons. The number of hydrogen-bond donors (Lipinski definition) is 2. The van der Waals surface area contributed by atoms with Crippen molar-refractivity contribution in [3.05, 3.63) is 35.8 Å². The van der Waals surface area contributed by atoms with Crippen molar-refractivity contribution >= 4 is 16.9 Å². The summed E-state index contributed by atoms with van der Waals surface area (Å²) >= 11 is 0. The Hall–Kier alpha value is -2.75. The zero-order valence-corrected chi connectivity index (χ0v) is 16.6. The molecule has 30 heavy (non-hydrogen) atoms. The lowest BCUT2D eigenvalue weighted by atomic mass is 10.0. The van der Waals surface area contributed by atoms with Gasteiger partial charge >= 0.3 is 6.18 Å². The van der Waals surface area contributed by atoms with Gasteiger partial charge in [-0.3, -0.25) is 5.10 Å². The topological polar surface area (TPSA) is 69.7 Å². The number of fused-ring (bicyclic) bond motifs is 1. The van der Waals surface area contributed by atoms with Crippen LogP contribution in [0.2, 0.25) is 0 Å². The van der Waals surface area contributed by atoms with Gasteiger partial charge in [0, 0.05) is 25.7 Å². The lowest BCUT2D eigenvalue weighted by Crippen LogP contribution is -2.51. The Bertz CT molecular complexity index is 1050. The summed E-state index contributed by atoms with van der Waals surface area (Å²) in [6, 6.07) is 3.76. The van der Waals surface area contributed by atoms with Gasteiger partial charge in [0.25, 0.3) is 0 Å². The summed E-state index contributed by atoms with van der Waals surface area (Å²) in [7, 11) is 0. The van der Waals surface area contributed by atoms with Crippen molar-refractivity contribution in [1.82, 2.24) is 25.5 Å². The van der Waals surface area contributed by atoms with Crippen molar-refractivity contribution in [2.45, 2.75) is 32.5 Å². The van der Waals surface area contributed by atoms with Crippen LogP contribution in [0.4, 0.5) is 23.4 Å². The SMILES string of the molecule is CC(C)CC1CN(c2ccc(C(F)(F)F)c(-c3[nH]nc4ncc(F)cc34)n2)CCN1. The molecule has 0 amide bonds. The molecule has 3 aromatic heterocycles. The first kappa shape index (κ1) is 20.5.